The van der Waals surface area contributed by atoms with Gasteiger partial charge in [0.05, 0.1) is 12.2 Å². The zero-order valence-electron chi connectivity index (χ0n) is 22.7. The van der Waals surface area contributed by atoms with E-state index in [4.69, 9.17) is 10.5 Å². The molecule has 1 aromatic heterocycles. The second kappa shape index (κ2) is 13.4. The molecule has 2 amide bonds. The second-order valence-electron chi connectivity index (χ2n) is 9.68. The highest BCUT2D eigenvalue weighted by molar-refractivity contribution is 5.97. The van der Waals surface area contributed by atoms with Gasteiger partial charge < -0.3 is 20.7 Å². The number of para-hydroxylation sites is 2. The first kappa shape index (κ1) is 27.6. The molecule has 0 spiro atoms. The molecule has 0 aliphatic heterocycles. The quantitative estimate of drug-likeness (QED) is 0.209. The van der Waals surface area contributed by atoms with Gasteiger partial charge in [0.15, 0.2) is 5.75 Å². The van der Waals surface area contributed by atoms with Crippen LogP contribution < -0.4 is 20.7 Å². The summed E-state index contributed by atoms with van der Waals surface area (Å²) in [6.07, 6.45) is 3.50. The molecule has 4 aromatic carbocycles. The van der Waals surface area contributed by atoms with E-state index < -0.39 is 0 Å². The maximum atomic E-state index is 13.8. The Labute approximate surface area is 239 Å². The van der Waals surface area contributed by atoms with E-state index in [2.05, 4.69) is 28.5 Å². The predicted octanol–water partition coefficient (Wildman–Crippen LogP) is 6.12. The number of anilines is 1. The maximum absolute atomic E-state index is 13.8. The topological polar surface area (TPSA) is 97.5 Å². The van der Waals surface area contributed by atoms with E-state index in [0.717, 1.165) is 27.5 Å². The van der Waals surface area contributed by atoms with Crippen LogP contribution in [0.25, 0.3) is 10.8 Å². The van der Waals surface area contributed by atoms with Gasteiger partial charge in [-0.3, -0.25) is 14.6 Å². The van der Waals surface area contributed by atoms with Gasteiger partial charge in [-0.2, -0.15) is 0 Å². The van der Waals surface area contributed by atoms with Crippen LogP contribution in [0.2, 0.25) is 0 Å². The molecule has 7 heteroatoms. The first-order chi connectivity index (χ1) is 20.1. The van der Waals surface area contributed by atoms with E-state index in [1.54, 1.807) is 17.3 Å². The lowest BCUT2D eigenvalue weighted by molar-refractivity contribution is -0.125. The van der Waals surface area contributed by atoms with Crippen LogP contribution >= 0.6 is 0 Å². The molecule has 0 bridgehead atoms. The van der Waals surface area contributed by atoms with Crippen LogP contribution in [0.1, 0.15) is 29.5 Å². The van der Waals surface area contributed by atoms with E-state index in [1.807, 2.05) is 84.9 Å². The lowest BCUT2D eigenvalue weighted by Crippen LogP contribution is -2.32. The molecule has 7 nitrogen and oxygen atoms in total. The normalized spacial score (nSPS) is 10.8. The van der Waals surface area contributed by atoms with Gasteiger partial charge in [-0.25, -0.2) is 0 Å². The number of rotatable bonds is 11. The van der Waals surface area contributed by atoms with Crippen LogP contribution in [0.3, 0.4) is 0 Å². The van der Waals surface area contributed by atoms with E-state index >= 15 is 0 Å². The summed E-state index contributed by atoms with van der Waals surface area (Å²) in [6, 6.07) is 32.9. The molecule has 3 N–H and O–H groups in total. The van der Waals surface area contributed by atoms with Gasteiger partial charge in [0.1, 0.15) is 5.75 Å². The molecule has 1 heterocycles. The van der Waals surface area contributed by atoms with E-state index in [-0.39, 0.29) is 24.7 Å². The summed E-state index contributed by atoms with van der Waals surface area (Å²) in [5, 5.41) is 5.04. The fourth-order valence-electron chi connectivity index (χ4n) is 4.68. The molecule has 0 unspecified atom stereocenters. The van der Waals surface area contributed by atoms with Gasteiger partial charge in [-0.1, -0.05) is 72.8 Å². The molecule has 0 aliphatic rings. The number of hydrogen-bond donors (Lipinski definition) is 2. The van der Waals surface area contributed by atoms with E-state index in [1.165, 1.54) is 0 Å². The number of benzene rings is 4. The molecule has 0 saturated carbocycles. The van der Waals surface area contributed by atoms with Crippen LogP contribution in [0.15, 0.2) is 116 Å². The molecule has 0 fully saturated rings. The Morgan fingerprint density at radius 3 is 2.46 bits per heavy atom. The summed E-state index contributed by atoms with van der Waals surface area (Å²) < 4.78 is 6.29. The summed E-state index contributed by atoms with van der Waals surface area (Å²) in [6.45, 7) is 1.08. The van der Waals surface area contributed by atoms with E-state index in [9.17, 15) is 9.59 Å². The van der Waals surface area contributed by atoms with Gasteiger partial charge in [0, 0.05) is 38.3 Å². The van der Waals surface area contributed by atoms with Gasteiger partial charge in [-0.05, 0) is 57.8 Å². The van der Waals surface area contributed by atoms with Gasteiger partial charge in [-0.15, -0.1) is 0 Å². The summed E-state index contributed by atoms with van der Waals surface area (Å²) in [4.78, 5) is 32.3. The van der Waals surface area contributed by atoms with Crippen LogP contribution in [0.4, 0.5) is 5.69 Å². The smallest absolute Gasteiger partial charge is 0.227 e. The van der Waals surface area contributed by atoms with Crippen molar-refractivity contribution in [2.75, 3.05) is 4.90 Å². The molecule has 0 radical (unpaired) electrons. The van der Waals surface area contributed by atoms with Crippen LogP contribution in [0.5, 0.6) is 11.5 Å². The number of aromatic nitrogens is 1. The van der Waals surface area contributed by atoms with Gasteiger partial charge >= 0.3 is 0 Å². The average Bonchev–Trinajstić information content (AvgIpc) is 3.02. The summed E-state index contributed by atoms with van der Waals surface area (Å²) >= 11 is 0. The van der Waals surface area contributed by atoms with Gasteiger partial charge in [0.25, 0.3) is 0 Å². The number of fused-ring (bicyclic) bond motifs is 1. The van der Waals surface area contributed by atoms with Crippen molar-refractivity contribution in [1.82, 2.24) is 10.3 Å². The van der Waals surface area contributed by atoms with Crippen LogP contribution in [-0.2, 0) is 29.2 Å². The lowest BCUT2D eigenvalue weighted by Gasteiger charge is -2.26. The Morgan fingerprint density at radius 1 is 0.829 bits per heavy atom. The number of nitrogens with zero attached hydrogens (tertiary/aromatic N) is 2. The minimum Gasteiger partial charge on any atom is -0.455 e. The van der Waals surface area contributed by atoms with Crippen molar-refractivity contribution in [3.63, 3.8) is 0 Å². The third-order valence-electron chi connectivity index (χ3n) is 6.81. The Morgan fingerprint density at radius 2 is 1.61 bits per heavy atom. The van der Waals surface area contributed by atoms with Crippen molar-refractivity contribution in [3.05, 3.63) is 132 Å². The Kier molecular flexibility index (Phi) is 8.98. The highest BCUT2D eigenvalue weighted by Gasteiger charge is 2.22. The Bertz CT molecular complexity index is 1630. The van der Waals surface area contributed by atoms with Crippen LogP contribution in [-0.4, -0.2) is 16.8 Å². The Balaban J connectivity index is 1.40. The summed E-state index contributed by atoms with van der Waals surface area (Å²) in [5.74, 6) is 0.792. The minimum absolute atomic E-state index is 0.0423. The number of nitrogens with two attached hydrogens (primary N) is 1. The van der Waals surface area contributed by atoms with Crippen molar-refractivity contribution in [3.8, 4) is 11.5 Å². The molecule has 41 heavy (non-hydrogen) atoms. The SMILES string of the molecule is NCc1cccc(Oc2ccccc2N(Cc2cccc3ccccc23)C(=O)CCC(=O)NCc2cccnc2)c1. The zero-order chi connectivity index (χ0) is 28.4. The number of pyridine rings is 1. The molecule has 5 rings (SSSR count). The largest absolute Gasteiger partial charge is 0.455 e. The molecule has 0 aliphatic carbocycles. The first-order valence-corrected chi connectivity index (χ1v) is 13.6. The number of nitrogens with one attached hydrogen (secondary N) is 1. The first-order valence-electron chi connectivity index (χ1n) is 13.6. The standard InChI is InChI=1S/C34H32N4O3/c35-21-25-8-5-13-29(20-25)41-32-16-4-3-15-31(32)38(24-28-12-6-11-27-10-1-2-14-30(27)28)34(40)18-17-33(39)37-23-26-9-7-19-36-22-26/h1-16,19-20,22H,17-18,21,23-24,35H2,(H,37,39). The second-order valence-corrected chi connectivity index (χ2v) is 9.68. The van der Waals surface area contributed by atoms with Crippen LogP contribution in [0, 0.1) is 0 Å². The predicted molar refractivity (Wildman–Crippen MR) is 161 cm³/mol. The van der Waals surface area contributed by atoms with Crippen molar-refractivity contribution < 1.29 is 14.3 Å². The number of hydrogen-bond acceptors (Lipinski definition) is 5. The zero-order valence-corrected chi connectivity index (χ0v) is 22.7. The van der Waals surface area contributed by atoms with Crippen molar-refractivity contribution >= 4 is 28.3 Å². The maximum Gasteiger partial charge on any atom is 0.227 e. The third-order valence-corrected chi connectivity index (χ3v) is 6.81. The summed E-state index contributed by atoms with van der Waals surface area (Å²) in [7, 11) is 0. The van der Waals surface area contributed by atoms with Crippen molar-refractivity contribution in [1.29, 1.82) is 0 Å². The number of amides is 2. The minimum atomic E-state index is -0.199. The number of ether oxygens (including phenoxy) is 1. The highest BCUT2D eigenvalue weighted by atomic mass is 16.5. The monoisotopic (exact) mass is 544 g/mol. The molecular formula is C34H32N4O3. The number of carbonyl (C=O) groups excluding carboxylic acids is 2. The Hall–Kier alpha value is -5.01. The fourth-order valence-corrected chi connectivity index (χ4v) is 4.68. The lowest BCUT2D eigenvalue weighted by atomic mass is 10.0. The molecule has 0 saturated heterocycles. The molecular weight excluding hydrogens is 512 g/mol. The molecule has 206 valence electrons. The van der Waals surface area contributed by atoms with Gasteiger partial charge in [0.2, 0.25) is 11.8 Å². The highest BCUT2D eigenvalue weighted by Crippen LogP contribution is 2.35. The average molecular weight is 545 g/mol. The summed E-state index contributed by atoms with van der Waals surface area (Å²) in [5.41, 5.74) is 9.29. The molecule has 0 atom stereocenters. The molecule has 5 aromatic rings. The third kappa shape index (κ3) is 7.15. The van der Waals surface area contributed by atoms with E-state index in [0.29, 0.717) is 36.8 Å². The number of carbonyl (C=O) groups is 2. The van der Waals surface area contributed by atoms with Crippen molar-refractivity contribution in [2.45, 2.75) is 32.5 Å². The fraction of sp³-hybridized carbons (Fsp3) is 0.147. The van der Waals surface area contributed by atoms with Crippen molar-refractivity contribution in [2.24, 2.45) is 5.73 Å².